The fourth-order valence-corrected chi connectivity index (χ4v) is 3.92. The lowest BCUT2D eigenvalue weighted by atomic mass is 10.0. The smallest absolute Gasteiger partial charge is 0.293 e. The minimum Gasteiger partial charge on any atom is -0.351 e. The van der Waals surface area contributed by atoms with Crippen LogP contribution in [0.2, 0.25) is 0 Å². The minimum atomic E-state index is -0.136. The van der Waals surface area contributed by atoms with Gasteiger partial charge in [0.25, 0.3) is 11.1 Å². The molecular formula is C20H23N7O2. The fourth-order valence-electron chi connectivity index (χ4n) is 3.92. The molecule has 2 aliphatic rings. The van der Waals surface area contributed by atoms with E-state index in [0.717, 1.165) is 24.2 Å². The number of hydrogen-bond acceptors (Lipinski definition) is 6. The zero-order valence-electron chi connectivity index (χ0n) is 16.5. The SMILES string of the molecule is Cc1cc(C)n(-c2ccc(=O)n(CC3CN(c4nccn(C5CC5)c4=O)C3)n2)n1. The molecule has 1 saturated carbocycles. The van der Waals surface area contributed by atoms with E-state index in [-0.39, 0.29) is 17.0 Å². The molecule has 0 unspecified atom stereocenters. The van der Waals surface area contributed by atoms with Crippen molar-refractivity contribution in [3.63, 3.8) is 0 Å². The maximum absolute atomic E-state index is 12.6. The second-order valence-corrected chi connectivity index (χ2v) is 8.02. The Labute approximate surface area is 167 Å². The molecule has 0 N–H and O–H groups in total. The van der Waals surface area contributed by atoms with Crippen LogP contribution in [-0.2, 0) is 6.54 Å². The summed E-state index contributed by atoms with van der Waals surface area (Å²) in [6, 6.07) is 5.53. The highest BCUT2D eigenvalue weighted by atomic mass is 16.1. The van der Waals surface area contributed by atoms with Crippen LogP contribution in [0.5, 0.6) is 0 Å². The molecule has 2 fully saturated rings. The van der Waals surface area contributed by atoms with E-state index in [9.17, 15) is 9.59 Å². The number of hydrogen-bond donors (Lipinski definition) is 0. The van der Waals surface area contributed by atoms with E-state index in [1.165, 1.54) is 10.7 Å². The van der Waals surface area contributed by atoms with E-state index in [2.05, 4.69) is 15.2 Å². The quantitative estimate of drug-likeness (QED) is 0.644. The molecule has 0 spiro atoms. The number of nitrogens with zero attached hydrogens (tertiary/aromatic N) is 7. The summed E-state index contributed by atoms with van der Waals surface area (Å²) < 4.78 is 5.03. The summed E-state index contributed by atoms with van der Waals surface area (Å²) in [6.07, 6.45) is 5.60. The molecule has 3 aromatic rings. The Morgan fingerprint density at radius 2 is 1.90 bits per heavy atom. The van der Waals surface area contributed by atoms with Crippen LogP contribution in [0.15, 0.2) is 40.2 Å². The van der Waals surface area contributed by atoms with Gasteiger partial charge in [-0.3, -0.25) is 9.59 Å². The van der Waals surface area contributed by atoms with E-state index in [0.29, 0.717) is 37.3 Å². The van der Waals surface area contributed by atoms with Gasteiger partial charge in [-0.1, -0.05) is 0 Å². The predicted octanol–water partition coefficient (Wildman–Crippen LogP) is 1.07. The maximum Gasteiger partial charge on any atom is 0.293 e. The summed E-state index contributed by atoms with van der Waals surface area (Å²) in [7, 11) is 0. The van der Waals surface area contributed by atoms with Gasteiger partial charge in [-0.05, 0) is 38.8 Å². The normalized spacial score (nSPS) is 16.8. The van der Waals surface area contributed by atoms with E-state index >= 15 is 0 Å². The number of aryl methyl sites for hydroxylation is 2. The molecule has 0 atom stereocenters. The van der Waals surface area contributed by atoms with Crippen molar-refractivity contribution in [2.45, 2.75) is 39.3 Å². The van der Waals surface area contributed by atoms with Crippen molar-refractivity contribution in [1.82, 2.24) is 29.1 Å². The standard InChI is InChI=1S/C20H23N7O2/c1-13-9-14(2)27(22-13)17-5-6-18(28)26(23-17)12-15-10-24(11-15)19-20(29)25(8-7-21-19)16-3-4-16/h5-9,15-16H,3-4,10-12H2,1-2H3. The number of anilines is 1. The lowest BCUT2D eigenvalue weighted by Gasteiger charge is -2.39. The average Bonchev–Trinajstić information content (AvgIpc) is 3.44. The minimum absolute atomic E-state index is 0.0183. The number of rotatable bonds is 5. The molecule has 1 saturated heterocycles. The first-order chi connectivity index (χ1) is 14.0. The first-order valence-corrected chi connectivity index (χ1v) is 9.93. The molecule has 0 radical (unpaired) electrons. The molecule has 1 aliphatic carbocycles. The van der Waals surface area contributed by atoms with E-state index < -0.39 is 0 Å². The first-order valence-electron chi connectivity index (χ1n) is 9.93. The Kier molecular flexibility index (Phi) is 4.11. The van der Waals surface area contributed by atoms with Crippen LogP contribution in [0.1, 0.15) is 30.3 Å². The summed E-state index contributed by atoms with van der Waals surface area (Å²) in [5, 5.41) is 8.94. The summed E-state index contributed by atoms with van der Waals surface area (Å²) in [6.45, 7) is 5.77. The van der Waals surface area contributed by atoms with Crippen molar-refractivity contribution in [1.29, 1.82) is 0 Å². The van der Waals surface area contributed by atoms with Gasteiger partial charge in [0, 0.05) is 49.2 Å². The zero-order valence-corrected chi connectivity index (χ0v) is 16.5. The van der Waals surface area contributed by atoms with Gasteiger partial charge in [-0.2, -0.15) is 5.10 Å². The molecular weight excluding hydrogens is 370 g/mol. The molecule has 3 aromatic heterocycles. The van der Waals surface area contributed by atoms with Gasteiger partial charge < -0.3 is 9.47 Å². The molecule has 0 bridgehead atoms. The van der Waals surface area contributed by atoms with Crippen molar-refractivity contribution in [3.05, 3.63) is 62.7 Å². The summed E-state index contributed by atoms with van der Waals surface area (Å²) in [4.78, 5) is 31.2. The van der Waals surface area contributed by atoms with Crippen molar-refractivity contribution in [3.8, 4) is 5.82 Å². The molecule has 1 aliphatic heterocycles. The largest absolute Gasteiger partial charge is 0.351 e. The van der Waals surface area contributed by atoms with Gasteiger partial charge in [0.05, 0.1) is 12.2 Å². The highest BCUT2D eigenvalue weighted by Gasteiger charge is 2.32. The van der Waals surface area contributed by atoms with Crippen LogP contribution in [0, 0.1) is 19.8 Å². The third kappa shape index (κ3) is 3.26. The molecule has 0 aromatic carbocycles. The van der Waals surface area contributed by atoms with E-state index in [4.69, 9.17) is 0 Å². The number of aromatic nitrogens is 6. The second kappa shape index (κ2) is 6.68. The van der Waals surface area contributed by atoms with E-state index in [1.54, 1.807) is 27.7 Å². The average molecular weight is 393 g/mol. The second-order valence-electron chi connectivity index (χ2n) is 8.02. The van der Waals surface area contributed by atoms with Gasteiger partial charge in [0.15, 0.2) is 11.6 Å². The first kappa shape index (κ1) is 17.8. The lowest BCUT2D eigenvalue weighted by Crippen LogP contribution is -2.52. The topological polar surface area (TPSA) is 90.8 Å². The molecule has 29 heavy (non-hydrogen) atoms. The van der Waals surface area contributed by atoms with Crippen LogP contribution in [-0.4, -0.2) is 42.2 Å². The summed E-state index contributed by atoms with van der Waals surface area (Å²) in [5.41, 5.74) is 1.72. The molecule has 9 nitrogen and oxygen atoms in total. The van der Waals surface area contributed by atoms with Gasteiger partial charge in [-0.25, -0.2) is 14.3 Å². The maximum atomic E-state index is 12.6. The molecule has 5 rings (SSSR count). The van der Waals surface area contributed by atoms with Crippen molar-refractivity contribution in [2.24, 2.45) is 5.92 Å². The Bertz CT molecular complexity index is 1180. The summed E-state index contributed by atoms with van der Waals surface area (Å²) in [5.74, 6) is 1.38. The van der Waals surface area contributed by atoms with Crippen LogP contribution >= 0.6 is 0 Å². The van der Waals surface area contributed by atoms with Crippen LogP contribution in [0.4, 0.5) is 5.82 Å². The van der Waals surface area contributed by atoms with Crippen LogP contribution in [0.25, 0.3) is 5.82 Å². The Balaban J connectivity index is 1.31. The lowest BCUT2D eigenvalue weighted by molar-refractivity contribution is 0.330. The molecule has 9 heteroatoms. The van der Waals surface area contributed by atoms with E-state index in [1.807, 2.05) is 24.8 Å². The molecule has 150 valence electrons. The molecule has 4 heterocycles. The Morgan fingerprint density at radius 3 is 2.59 bits per heavy atom. The Hall–Kier alpha value is -3.23. The van der Waals surface area contributed by atoms with Crippen LogP contribution < -0.4 is 16.0 Å². The summed E-state index contributed by atoms with van der Waals surface area (Å²) >= 11 is 0. The third-order valence-corrected chi connectivity index (χ3v) is 5.56. The highest BCUT2D eigenvalue weighted by molar-refractivity contribution is 5.39. The van der Waals surface area contributed by atoms with Crippen molar-refractivity contribution < 1.29 is 0 Å². The molecule has 0 amide bonds. The van der Waals surface area contributed by atoms with Gasteiger partial charge >= 0.3 is 0 Å². The highest BCUT2D eigenvalue weighted by Crippen LogP contribution is 2.33. The van der Waals surface area contributed by atoms with Gasteiger partial charge in [0.1, 0.15) is 0 Å². The van der Waals surface area contributed by atoms with Gasteiger partial charge in [-0.15, -0.1) is 5.10 Å². The Morgan fingerprint density at radius 1 is 1.10 bits per heavy atom. The predicted molar refractivity (Wildman–Crippen MR) is 108 cm³/mol. The van der Waals surface area contributed by atoms with Crippen molar-refractivity contribution >= 4 is 5.82 Å². The third-order valence-electron chi connectivity index (χ3n) is 5.56. The van der Waals surface area contributed by atoms with Crippen LogP contribution in [0.3, 0.4) is 0 Å². The zero-order chi connectivity index (χ0) is 20.1. The van der Waals surface area contributed by atoms with Crippen molar-refractivity contribution in [2.75, 3.05) is 18.0 Å². The fraction of sp³-hybridized carbons (Fsp3) is 0.450. The monoisotopic (exact) mass is 393 g/mol. The van der Waals surface area contributed by atoms with Gasteiger partial charge in [0.2, 0.25) is 0 Å².